The van der Waals surface area contributed by atoms with E-state index in [1.807, 2.05) is 26.0 Å². The van der Waals surface area contributed by atoms with Crippen LogP contribution in [0.2, 0.25) is 0 Å². The highest BCUT2D eigenvalue weighted by atomic mass is 16.5. The average Bonchev–Trinajstić information content (AvgIpc) is 2.46. The number of hydrogen-bond acceptors (Lipinski definition) is 3. The van der Waals surface area contributed by atoms with E-state index in [9.17, 15) is 5.11 Å². The maximum absolute atomic E-state index is 10.1. The average molecular weight is 265 g/mol. The van der Waals surface area contributed by atoms with Crippen molar-refractivity contribution in [1.29, 1.82) is 0 Å². The molecule has 0 fully saturated rings. The first-order chi connectivity index (χ1) is 9.26. The summed E-state index contributed by atoms with van der Waals surface area (Å²) in [4.78, 5) is 0. The summed E-state index contributed by atoms with van der Waals surface area (Å²) in [6.45, 7) is 7.10. The molecule has 1 aromatic carbocycles. The van der Waals surface area contributed by atoms with Crippen LogP contribution in [0.5, 0.6) is 5.75 Å². The van der Waals surface area contributed by atoms with E-state index in [1.54, 1.807) is 7.11 Å². The van der Waals surface area contributed by atoms with Crippen molar-refractivity contribution in [1.82, 2.24) is 5.32 Å². The zero-order valence-corrected chi connectivity index (χ0v) is 12.6. The van der Waals surface area contributed by atoms with Gasteiger partial charge >= 0.3 is 0 Å². The summed E-state index contributed by atoms with van der Waals surface area (Å²) in [6, 6.07) is 6.29. The third kappa shape index (κ3) is 3.95. The summed E-state index contributed by atoms with van der Waals surface area (Å²) in [6.07, 6.45) is 2.34. The molecule has 0 aromatic heterocycles. The molecule has 0 radical (unpaired) electrons. The lowest BCUT2D eigenvalue weighted by Crippen LogP contribution is -2.45. The normalized spacial score (nSPS) is 21.1. The fourth-order valence-electron chi connectivity index (χ4n) is 2.49. The number of fused-ring (bicyclic) bond motifs is 1. The van der Waals surface area contributed by atoms with Gasteiger partial charge in [0, 0.05) is 12.5 Å². The number of aliphatic hydroxyl groups excluding tert-OH is 1. The van der Waals surface area contributed by atoms with Crippen LogP contribution in [0.25, 0.3) is 0 Å². The van der Waals surface area contributed by atoms with Crippen LogP contribution >= 0.6 is 0 Å². The van der Waals surface area contributed by atoms with E-state index in [4.69, 9.17) is 4.74 Å². The number of ether oxygens (including phenoxy) is 1. The van der Waals surface area contributed by atoms with Gasteiger partial charge in [0.2, 0.25) is 0 Å². The Balaban J connectivity index is 0.000000861. The molecule has 0 amide bonds. The van der Waals surface area contributed by atoms with Gasteiger partial charge in [0.25, 0.3) is 0 Å². The molecule has 2 rings (SSSR count). The second kappa shape index (κ2) is 8.18. The van der Waals surface area contributed by atoms with Crippen molar-refractivity contribution in [3.05, 3.63) is 29.3 Å². The van der Waals surface area contributed by atoms with Crippen LogP contribution in [0.15, 0.2) is 18.2 Å². The van der Waals surface area contributed by atoms with Gasteiger partial charge in [-0.2, -0.15) is 0 Å². The minimum Gasteiger partial charge on any atom is -0.496 e. The summed E-state index contributed by atoms with van der Waals surface area (Å²) in [7, 11) is 1.68. The van der Waals surface area contributed by atoms with Crippen molar-refractivity contribution in [2.45, 2.75) is 52.2 Å². The van der Waals surface area contributed by atoms with Gasteiger partial charge in [0.1, 0.15) is 5.75 Å². The van der Waals surface area contributed by atoms with Gasteiger partial charge in [-0.15, -0.1) is 0 Å². The van der Waals surface area contributed by atoms with Crippen molar-refractivity contribution in [2.75, 3.05) is 13.7 Å². The van der Waals surface area contributed by atoms with E-state index in [0.29, 0.717) is 6.42 Å². The second-order valence-corrected chi connectivity index (χ2v) is 4.63. The lowest BCUT2D eigenvalue weighted by molar-refractivity contribution is 0.118. The summed E-state index contributed by atoms with van der Waals surface area (Å²) in [5, 5.41) is 13.6. The van der Waals surface area contributed by atoms with Crippen molar-refractivity contribution in [3.63, 3.8) is 0 Å². The van der Waals surface area contributed by atoms with E-state index in [-0.39, 0.29) is 12.1 Å². The Morgan fingerprint density at radius 1 is 1.32 bits per heavy atom. The van der Waals surface area contributed by atoms with Crippen molar-refractivity contribution < 1.29 is 9.84 Å². The minimum absolute atomic E-state index is 0.176. The highest BCUT2D eigenvalue weighted by molar-refractivity contribution is 5.43. The van der Waals surface area contributed by atoms with Crippen LogP contribution < -0.4 is 10.1 Å². The molecule has 0 saturated carbocycles. The topological polar surface area (TPSA) is 41.5 Å². The molecule has 1 aliphatic carbocycles. The maximum atomic E-state index is 10.1. The molecule has 0 aliphatic heterocycles. The molecule has 0 spiro atoms. The molecular weight excluding hydrogens is 238 g/mol. The van der Waals surface area contributed by atoms with Crippen molar-refractivity contribution >= 4 is 0 Å². The van der Waals surface area contributed by atoms with Gasteiger partial charge in [-0.3, -0.25) is 0 Å². The molecule has 2 N–H and O–H groups in total. The van der Waals surface area contributed by atoms with Gasteiger partial charge in [-0.1, -0.05) is 32.9 Å². The Morgan fingerprint density at radius 3 is 2.68 bits per heavy atom. The Labute approximate surface area is 117 Å². The quantitative estimate of drug-likeness (QED) is 0.879. The fraction of sp³-hybridized carbons (Fsp3) is 0.625. The van der Waals surface area contributed by atoms with Gasteiger partial charge < -0.3 is 15.2 Å². The zero-order valence-electron chi connectivity index (χ0n) is 12.6. The molecule has 1 aromatic rings. The Hall–Kier alpha value is -1.06. The van der Waals surface area contributed by atoms with Gasteiger partial charge in [0.05, 0.1) is 13.2 Å². The number of benzene rings is 1. The van der Waals surface area contributed by atoms with E-state index in [0.717, 1.165) is 30.7 Å². The van der Waals surface area contributed by atoms with E-state index < -0.39 is 0 Å². The van der Waals surface area contributed by atoms with Crippen LogP contribution in [-0.2, 0) is 12.8 Å². The predicted molar refractivity (Wildman–Crippen MR) is 79.8 cm³/mol. The molecule has 3 nitrogen and oxygen atoms in total. The smallest absolute Gasteiger partial charge is 0.122 e. The van der Waals surface area contributed by atoms with Crippen LogP contribution in [0.4, 0.5) is 0 Å². The molecule has 0 saturated heterocycles. The van der Waals surface area contributed by atoms with Gasteiger partial charge in [-0.05, 0) is 36.6 Å². The van der Waals surface area contributed by atoms with Gasteiger partial charge in [-0.25, -0.2) is 0 Å². The Morgan fingerprint density at radius 2 is 2.05 bits per heavy atom. The molecule has 19 heavy (non-hydrogen) atoms. The maximum Gasteiger partial charge on any atom is 0.122 e. The standard InChI is InChI=1S/C14H21NO2.C2H6/c1-3-7-15-12-8-10-5-4-6-14(17-2)11(10)9-13(12)16;1-2/h4-6,12-13,15-16H,3,7-9H2,1-2H3;1-2H3/t12?,13-;/m1./s1. The first kappa shape index (κ1) is 16.0. The lowest BCUT2D eigenvalue weighted by atomic mass is 9.85. The molecule has 1 aliphatic rings. The van der Waals surface area contributed by atoms with Gasteiger partial charge in [0.15, 0.2) is 0 Å². The molecule has 0 heterocycles. The van der Waals surface area contributed by atoms with Crippen molar-refractivity contribution in [2.24, 2.45) is 0 Å². The number of methoxy groups -OCH3 is 1. The number of rotatable bonds is 4. The first-order valence-corrected chi connectivity index (χ1v) is 7.32. The van der Waals surface area contributed by atoms with Crippen LogP contribution in [0.1, 0.15) is 38.3 Å². The fourth-order valence-corrected chi connectivity index (χ4v) is 2.49. The Kier molecular flexibility index (Phi) is 6.89. The van der Waals surface area contributed by atoms with E-state index >= 15 is 0 Å². The largest absolute Gasteiger partial charge is 0.496 e. The molecule has 3 heteroatoms. The number of nitrogens with one attached hydrogen (secondary N) is 1. The molecule has 1 unspecified atom stereocenters. The summed E-state index contributed by atoms with van der Waals surface area (Å²) >= 11 is 0. The monoisotopic (exact) mass is 265 g/mol. The van der Waals surface area contributed by atoms with Crippen molar-refractivity contribution in [3.8, 4) is 5.75 Å². The minimum atomic E-state index is -0.314. The molecule has 2 atom stereocenters. The number of aliphatic hydroxyl groups is 1. The molecule has 108 valence electrons. The molecule has 0 bridgehead atoms. The second-order valence-electron chi connectivity index (χ2n) is 4.63. The molecular formula is C16H27NO2. The summed E-state index contributed by atoms with van der Waals surface area (Å²) < 4.78 is 5.35. The Bertz CT molecular complexity index is 379. The van der Waals surface area contributed by atoms with Crippen LogP contribution in [-0.4, -0.2) is 30.9 Å². The number of hydrogen-bond donors (Lipinski definition) is 2. The van der Waals surface area contributed by atoms with Crippen LogP contribution in [0.3, 0.4) is 0 Å². The van der Waals surface area contributed by atoms with E-state index in [2.05, 4.69) is 18.3 Å². The SMILES string of the molecule is CC.CCCNC1Cc2cccc(OC)c2C[C@H]1O. The summed E-state index contributed by atoms with van der Waals surface area (Å²) in [5.74, 6) is 0.899. The predicted octanol–water partition coefficient (Wildman–Crippen LogP) is 2.55. The highest BCUT2D eigenvalue weighted by Gasteiger charge is 2.28. The summed E-state index contributed by atoms with van der Waals surface area (Å²) in [5.41, 5.74) is 2.46. The first-order valence-electron chi connectivity index (χ1n) is 7.32. The zero-order chi connectivity index (χ0) is 14.3. The van der Waals surface area contributed by atoms with E-state index in [1.165, 1.54) is 5.56 Å². The lowest BCUT2D eigenvalue weighted by Gasteiger charge is -2.31. The van der Waals surface area contributed by atoms with Crippen LogP contribution in [0, 0.1) is 0 Å². The third-order valence-electron chi connectivity index (χ3n) is 3.42. The highest BCUT2D eigenvalue weighted by Crippen LogP contribution is 2.29. The third-order valence-corrected chi connectivity index (χ3v) is 3.42.